The van der Waals surface area contributed by atoms with E-state index in [0.717, 1.165) is 32.5 Å². The summed E-state index contributed by atoms with van der Waals surface area (Å²) in [7, 11) is 0. The summed E-state index contributed by atoms with van der Waals surface area (Å²) in [5.74, 6) is 0.351. The number of carbonyl (C=O) groups excluding carboxylic acids is 1. The van der Waals surface area contributed by atoms with Gasteiger partial charge < -0.3 is 9.80 Å². The molecule has 1 heterocycles. The fraction of sp³-hybridized carbons (Fsp3) is 0.458. The van der Waals surface area contributed by atoms with Gasteiger partial charge in [0.25, 0.3) is 0 Å². The van der Waals surface area contributed by atoms with Gasteiger partial charge in [0.15, 0.2) is 0 Å². The third-order valence-corrected chi connectivity index (χ3v) is 5.65. The molecule has 0 saturated carbocycles. The Morgan fingerprint density at radius 3 is 2.75 bits per heavy atom. The van der Waals surface area contributed by atoms with E-state index in [-0.39, 0.29) is 11.7 Å². The molecule has 1 amide bonds. The van der Waals surface area contributed by atoms with Crippen LogP contribution in [-0.2, 0) is 11.2 Å². The van der Waals surface area contributed by atoms with Crippen LogP contribution in [0.1, 0.15) is 38.2 Å². The lowest BCUT2D eigenvalue weighted by Gasteiger charge is -2.34. The molecule has 4 heteroatoms. The maximum Gasteiger partial charge on any atom is 0.226 e. The Kier molecular flexibility index (Phi) is 7.61. The van der Waals surface area contributed by atoms with Gasteiger partial charge in [-0.1, -0.05) is 43.3 Å². The average Bonchev–Trinajstić information content (AvgIpc) is 2.73. The fourth-order valence-corrected chi connectivity index (χ4v) is 4.07. The highest BCUT2D eigenvalue weighted by Crippen LogP contribution is 2.23. The third kappa shape index (κ3) is 5.90. The van der Waals surface area contributed by atoms with E-state index in [1.807, 2.05) is 13.0 Å². The monoisotopic (exact) mass is 382 g/mol. The van der Waals surface area contributed by atoms with E-state index in [0.29, 0.717) is 24.6 Å². The van der Waals surface area contributed by atoms with Crippen LogP contribution >= 0.6 is 0 Å². The number of likely N-dealkylation sites (tertiary alicyclic amines) is 1. The van der Waals surface area contributed by atoms with Crippen molar-refractivity contribution in [2.45, 2.75) is 39.0 Å². The highest BCUT2D eigenvalue weighted by molar-refractivity contribution is 5.93. The Morgan fingerprint density at radius 2 is 2.00 bits per heavy atom. The molecule has 1 atom stereocenters. The Balaban J connectivity index is 1.53. The molecule has 0 spiro atoms. The minimum absolute atomic E-state index is 0.0577. The zero-order valence-corrected chi connectivity index (χ0v) is 16.8. The number of hydrogen-bond acceptors (Lipinski definition) is 2. The molecular weight excluding hydrogens is 351 g/mol. The molecule has 3 rings (SSSR count). The normalized spacial score (nSPS) is 17.4. The van der Waals surface area contributed by atoms with Crippen LogP contribution in [0.4, 0.5) is 10.1 Å². The number of nitrogens with zero attached hydrogens (tertiary/aromatic N) is 2. The van der Waals surface area contributed by atoms with Gasteiger partial charge in [0.05, 0.1) is 0 Å². The lowest BCUT2D eigenvalue weighted by molar-refractivity contribution is -0.118. The van der Waals surface area contributed by atoms with Crippen molar-refractivity contribution < 1.29 is 9.18 Å². The second-order valence-electron chi connectivity index (χ2n) is 7.71. The number of benzene rings is 2. The Morgan fingerprint density at radius 1 is 1.18 bits per heavy atom. The molecule has 1 unspecified atom stereocenters. The first-order valence-corrected chi connectivity index (χ1v) is 10.5. The van der Waals surface area contributed by atoms with Gasteiger partial charge >= 0.3 is 0 Å². The maximum atomic E-state index is 13.6. The van der Waals surface area contributed by atoms with Crippen LogP contribution < -0.4 is 4.90 Å². The smallest absolute Gasteiger partial charge is 0.226 e. The summed E-state index contributed by atoms with van der Waals surface area (Å²) in [6, 6.07) is 17.0. The topological polar surface area (TPSA) is 23.6 Å². The molecule has 0 N–H and O–H groups in total. The van der Waals surface area contributed by atoms with E-state index in [4.69, 9.17) is 0 Å². The molecule has 2 aromatic carbocycles. The van der Waals surface area contributed by atoms with Crippen molar-refractivity contribution in [2.75, 3.05) is 31.1 Å². The number of carbonyl (C=O) groups is 1. The van der Waals surface area contributed by atoms with Gasteiger partial charge in [-0.15, -0.1) is 0 Å². The van der Waals surface area contributed by atoms with Crippen LogP contribution in [0, 0.1) is 11.7 Å². The van der Waals surface area contributed by atoms with Crippen molar-refractivity contribution in [3.05, 3.63) is 66.0 Å². The van der Waals surface area contributed by atoms with E-state index >= 15 is 0 Å². The van der Waals surface area contributed by atoms with Crippen LogP contribution in [0.15, 0.2) is 54.6 Å². The molecule has 28 heavy (non-hydrogen) atoms. The number of hydrogen-bond donors (Lipinski definition) is 0. The SMILES string of the molecule is CCC(=O)N(CCC1CCCN(CCc2ccccc2)C1)c1cccc(F)c1. The van der Waals surface area contributed by atoms with Gasteiger partial charge in [-0.2, -0.15) is 0 Å². The summed E-state index contributed by atoms with van der Waals surface area (Å²) in [5.41, 5.74) is 2.05. The molecular formula is C24H31FN2O. The highest BCUT2D eigenvalue weighted by atomic mass is 19.1. The molecule has 3 nitrogen and oxygen atoms in total. The van der Waals surface area contributed by atoms with E-state index in [2.05, 4.69) is 35.2 Å². The van der Waals surface area contributed by atoms with Crippen LogP contribution in [0.25, 0.3) is 0 Å². The van der Waals surface area contributed by atoms with Crippen molar-refractivity contribution >= 4 is 11.6 Å². The first kappa shape index (κ1) is 20.5. The van der Waals surface area contributed by atoms with Gasteiger partial charge in [-0.3, -0.25) is 4.79 Å². The zero-order chi connectivity index (χ0) is 19.8. The zero-order valence-electron chi connectivity index (χ0n) is 16.8. The number of piperidine rings is 1. The van der Waals surface area contributed by atoms with Crippen molar-refractivity contribution in [1.29, 1.82) is 0 Å². The highest BCUT2D eigenvalue weighted by Gasteiger charge is 2.22. The lowest BCUT2D eigenvalue weighted by atomic mass is 9.94. The van der Waals surface area contributed by atoms with Crippen molar-refractivity contribution in [1.82, 2.24) is 4.90 Å². The quantitative estimate of drug-likeness (QED) is 0.647. The molecule has 1 aliphatic rings. The third-order valence-electron chi connectivity index (χ3n) is 5.65. The largest absolute Gasteiger partial charge is 0.312 e. The Labute approximate surface area is 168 Å². The van der Waals surface area contributed by atoms with Gasteiger partial charge in [0.1, 0.15) is 5.82 Å². The van der Waals surface area contributed by atoms with Crippen LogP contribution in [0.3, 0.4) is 0 Å². The molecule has 1 saturated heterocycles. The van der Waals surface area contributed by atoms with Gasteiger partial charge in [0, 0.05) is 31.7 Å². The molecule has 1 fully saturated rings. The molecule has 0 radical (unpaired) electrons. The number of amides is 1. The summed E-state index contributed by atoms with van der Waals surface area (Å²) in [4.78, 5) is 16.7. The molecule has 2 aromatic rings. The molecule has 0 aliphatic carbocycles. The average molecular weight is 383 g/mol. The molecule has 1 aliphatic heterocycles. The summed E-state index contributed by atoms with van der Waals surface area (Å²) in [6.07, 6.45) is 4.89. The van der Waals surface area contributed by atoms with Crippen molar-refractivity contribution in [2.24, 2.45) is 5.92 Å². The first-order valence-electron chi connectivity index (χ1n) is 10.5. The van der Waals surface area contributed by atoms with E-state index in [1.165, 1.54) is 30.5 Å². The Bertz CT molecular complexity index is 749. The summed E-state index contributed by atoms with van der Waals surface area (Å²) < 4.78 is 13.6. The summed E-state index contributed by atoms with van der Waals surface area (Å²) >= 11 is 0. The summed E-state index contributed by atoms with van der Waals surface area (Å²) in [6.45, 7) is 5.85. The molecule has 150 valence electrons. The van der Waals surface area contributed by atoms with Gasteiger partial charge in [0.2, 0.25) is 5.91 Å². The minimum atomic E-state index is -0.295. The second-order valence-corrected chi connectivity index (χ2v) is 7.71. The standard InChI is InChI=1S/C24H31FN2O/c1-2-24(28)27(23-12-6-11-22(25)18-23)17-14-21-10-7-15-26(19-21)16-13-20-8-4-3-5-9-20/h3-6,8-9,11-12,18,21H,2,7,10,13-17,19H2,1H3. The number of rotatable bonds is 8. The van der Waals surface area contributed by atoms with Gasteiger partial charge in [-0.05, 0) is 61.9 Å². The van der Waals surface area contributed by atoms with Crippen LogP contribution in [0.2, 0.25) is 0 Å². The van der Waals surface area contributed by atoms with E-state index in [9.17, 15) is 9.18 Å². The predicted octanol–water partition coefficient (Wildman–Crippen LogP) is 4.91. The number of anilines is 1. The van der Waals surface area contributed by atoms with Gasteiger partial charge in [-0.25, -0.2) is 4.39 Å². The fourth-order valence-electron chi connectivity index (χ4n) is 4.07. The number of halogens is 1. The second kappa shape index (κ2) is 10.4. The maximum absolute atomic E-state index is 13.6. The van der Waals surface area contributed by atoms with Crippen molar-refractivity contribution in [3.63, 3.8) is 0 Å². The Hall–Kier alpha value is -2.20. The van der Waals surface area contributed by atoms with Crippen LogP contribution in [-0.4, -0.2) is 37.0 Å². The first-order chi connectivity index (χ1) is 13.7. The van der Waals surface area contributed by atoms with Crippen molar-refractivity contribution in [3.8, 4) is 0 Å². The lowest BCUT2D eigenvalue weighted by Crippen LogP contribution is -2.39. The predicted molar refractivity (Wildman–Crippen MR) is 113 cm³/mol. The summed E-state index contributed by atoms with van der Waals surface area (Å²) in [5, 5.41) is 0. The van der Waals surface area contributed by atoms with E-state index < -0.39 is 0 Å². The van der Waals surface area contributed by atoms with Crippen LogP contribution in [0.5, 0.6) is 0 Å². The molecule has 0 aromatic heterocycles. The molecule has 0 bridgehead atoms. The van der Waals surface area contributed by atoms with E-state index in [1.54, 1.807) is 11.0 Å². The minimum Gasteiger partial charge on any atom is -0.312 e.